The van der Waals surface area contributed by atoms with E-state index in [0.717, 1.165) is 36.3 Å². The van der Waals surface area contributed by atoms with Crippen molar-refractivity contribution in [3.05, 3.63) is 29.8 Å². The third-order valence-corrected chi connectivity index (χ3v) is 9.26. The Morgan fingerprint density at radius 2 is 2.09 bits per heavy atom. The fourth-order valence-corrected chi connectivity index (χ4v) is 7.42. The average Bonchev–Trinajstić information content (AvgIpc) is 3.53. The first kappa shape index (κ1) is 23.7. The summed E-state index contributed by atoms with van der Waals surface area (Å²) in [4.78, 5) is 32.8. The lowest BCUT2D eigenvalue weighted by molar-refractivity contribution is -0.121. The summed E-state index contributed by atoms with van der Waals surface area (Å²) in [6, 6.07) is 7.72. The molecule has 0 spiro atoms. The minimum atomic E-state index is -0.470. The van der Waals surface area contributed by atoms with Crippen LogP contribution in [0.5, 0.6) is 5.75 Å². The molecule has 4 atom stereocenters. The molecule has 4 aliphatic rings. The largest absolute Gasteiger partial charge is 0.492 e. The number of amidine groups is 1. The Hall–Kier alpha value is -2.06. The summed E-state index contributed by atoms with van der Waals surface area (Å²) in [5.41, 5.74) is 6.15. The number of thioether (sulfide) groups is 1. The second-order valence-corrected chi connectivity index (χ2v) is 12.1. The molecule has 184 valence electrons. The minimum Gasteiger partial charge on any atom is -0.492 e. The molecule has 8 heteroatoms. The number of ether oxygens (including phenoxy) is 1. The van der Waals surface area contributed by atoms with Crippen LogP contribution >= 0.6 is 11.8 Å². The number of aliphatic imine (C=N–C) groups is 1. The average molecular weight is 485 g/mol. The van der Waals surface area contributed by atoms with Crippen molar-refractivity contribution in [3.8, 4) is 5.75 Å². The van der Waals surface area contributed by atoms with E-state index in [-0.39, 0.29) is 11.8 Å². The number of nitrogens with one attached hydrogen (secondary N) is 1. The van der Waals surface area contributed by atoms with Gasteiger partial charge in [0.15, 0.2) is 5.17 Å². The van der Waals surface area contributed by atoms with Gasteiger partial charge in [0.05, 0.1) is 10.8 Å². The third kappa shape index (κ3) is 4.98. The van der Waals surface area contributed by atoms with Crippen molar-refractivity contribution in [2.24, 2.45) is 28.5 Å². The van der Waals surface area contributed by atoms with Gasteiger partial charge in [-0.05, 0) is 81.4 Å². The maximum Gasteiger partial charge on any atom is 0.253 e. The van der Waals surface area contributed by atoms with E-state index in [0.29, 0.717) is 49.5 Å². The van der Waals surface area contributed by atoms with Gasteiger partial charge < -0.3 is 20.7 Å². The molecular formula is C26H36N4O3S. The van der Waals surface area contributed by atoms with Crippen molar-refractivity contribution in [3.63, 3.8) is 0 Å². The number of carbonyl (C=O) groups excluding carboxylic acids is 2. The van der Waals surface area contributed by atoms with E-state index < -0.39 is 4.75 Å². The van der Waals surface area contributed by atoms with Crippen LogP contribution in [-0.2, 0) is 4.79 Å². The van der Waals surface area contributed by atoms with Crippen molar-refractivity contribution in [1.29, 1.82) is 0 Å². The molecule has 2 unspecified atom stereocenters. The summed E-state index contributed by atoms with van der Waals surface area (Å²) in [5.74, 6) is 2.79. The van der Waals surface area contributed by atoms with Crippen LogP contribution in [0.15, 0.2) is 29.3 Å². The molecule has 7 nitrogen and oxygen atoms in total. The number of nitrogens with zero attached hydrogens (tertiary/aromatic N) is 2. The number of benzene rings is 1. The highest BCUT2D eigenvalue weighted by Gasteiger charge is 2.46. The molecule has 3 N–H and O–H groups in total. The number of piperidine rings is 1. The van der Waals surface area contributed by atoms with E-state index in [9.17, 15) is 9.59 Å². The zero-order valence-electron chi connectivity index (χ0n) is 20.0. The number of hydrogen-bond donors (Lipinski definition) is 2. The second-order valence-electron chi connectivity index (χ2n) is 10.6. The topological polar surface area (TPSA) is 97.0 Å². The summed E-state index contributed by atoms with van der Waals surface area (Å²) in [6.07, 6.45) is 7.82. The standard InChI is InChI=1S/C26H36N4O3S/c1-26(24(32)29-25(34-26)28-22-14-18-5-6-19(22)13-18)16-17-7-10-30(11-8-17)23(31)20-3-2-4-21(15-20)33-12-9-27/h2-4,15,17-19,22H,5-14,16,27H2,1H3,(H,28,29,32)/t18?,19-,22-,26?/m0/s1. The molecule has 2 saturated carbocycles. The molecule has 2 saturated heterocycles. The maximum absolute atomic E-state index is 13.0. The maximum atomic E-state index is 13.0. The highest BCUT2D eigenvalue weighted by Crippen LogP contribution is 2.47. The quantitative estimate of drug-likeness (QED) is 0.618. The molecule has 2 heterocycles. The summed E-state index contributed by atoms with van der Waals surface area (Å²) < 4.78 is 5.09. The van der Waals surface area contributed by atoms with E-state index in [1.165, 1.54) is 25.7 Å². The molecule has 2 aliphatic carbocycles. The highest BCUT2D eigenvalue weighted by molar-refractivity contribution is 8.16. The Morgan fingerprint density at radius 3 is 2.79 bits per heavy atom. The number of amides is 2. The van der Waals surface area contributed by atoms with E-state index in [4.69, 9.17) is 15.5 Å². The minimum absolute atomic E-state index is 0.0381. The number of carbonyl (C=O) groups is 2. The van der Waals surface area contributed by atoms with Crippen molar-refractivity contribution >= 4 is 28.7 Å². The predicted octanol–water partition coefficient (Wildman–Crippen LogP) is 3.43. The molecule has 4 fully saturated rings. The Balaban J connectivity index is 1.14. The van der Waals surface area contributed by atoms with Gasteiger partial charge in [0.1, 0.15) is 12.4 Å². The van der Waals surface area contributed by atoms with Crippen LogP contribution in [0, 0.1) is 17.8 Å². The highest BCUT2D eigenvalue weighted by atomic mass is 32.2. The van der Waals surface area contributed by atoms with Gasteiger partial charge in [-0.1, -0.05) is 24.2 Å². The van der Waals surface area contributed by atoms with Gasteiger partial charge in [0.25, 0.3) is 5.91 Å². The van der Waals surface area contributed by atoms with Gasteiger partial charge in [-0.2, -0.15) is 0 Å². The van der Waals surface area contributed by atoms with Crippen LogP contribution in [0.2, 0.25) is 0 Å². The molecule has 5 rings (SSSR count). The van der Waals surface area contributed by atoms with Gasteiger partial charge in [-0.15, -0.1) is 0 Å². The zero-order chi connectivity index (χ0) is 23.7. The summed E-state index contributed by atoms with van der Waals surface area (Å²) in [6.45, 7) is 4.36. The molecule has 34 heavy (non-hydrogen) atoms. The fraction of sp³-hybridized carbons (Fsp3) is 0.654. The van der Waals surface area contributed by atoms with Gasteiger partial charge in [0.2, 0.25) is 5.91 Å². The number of nitrogens with two attached hydrogens (primary N) is 1. The third-order valence-electron chi connectivity index (χ3n) is 8.05. The van der Waals surface area contributed by atoms with E-state index in [1.807, 2.05) is 23.1 Å². The van der Waals surface area contributed by atoms with Gasteiger partial charge >= 0.3 is 0 Å². The molecule has 1 aromatic rings. The Labute approximate surface area is 206 Å². The monoisotopic (exact) mass is 484 g/mol. The molecule has 0 radical (unpaired) electrons. The Morgan fingerprint density at radius 1 is 1.26 bits per heavy atom. The normalized spacial score (nSPS) is 32.4. The number of fused-ring (bicyclic) bond motifs is 2. The van der Waals surface area contributed by atoms with Crippen molar-refractivity contribution < 1.29 is 14.3 Å². The van der Waals surface area contributed by atoms with Crippen LogP contribution in [0.25, 0.3) is 0 Å². The molecule has 2 aliphatic heterocycles. The molecular weight excluding hydrogens is 448 g/mol. The Kier molecular flexibility index (Phi) is 6.89. The number of likely N-dealkylation sites (tertiary alicyclic amines) is 1. The number of rotatable bonds is 7. The lowest BCUT2D eigenvalue weighted by Crippen LogP contribution is -2.41. The van der Waals surface area contributed by atoms with Gasteiger partial charge in [0, 0.05) is 25.2 Å². The predicted molar refractivity (Wildman–Crippen MR) is 135 cm³/mol. The fourth-order valence-electron chi connectivity index (χ4n) is 6.20. The first-order valence-electron chi connectivity index (χ1n) is 12.7. The molecule has 1 aromatic carbocycles. The first-order chi connectivity index (χ1) is 16.4. The van der Waals surface area contributed by atoms with E-state index >= 15 is 0 Å². The Bertz CT molecular complexity index is 961. The first-order valence-corrected chi connectivity index (χ1v) is 13.6. The SMILES string of the molecule is CC1(CC2CCN(C(=O)c3cccc(OCCN)c3)CC2)SC(=N[C@H]2CC3CC[C@H]2C3)NC1=O. The van der Waals surface area contributed by atoms with Crippen LogP contribution in [0.3, 0.4) is 0 Å². The van der Waals surface area contributed by atoms with Gasteiger partial charge in [-0.3, -0.25) is 14.6 Å². The molecule has 2 amide bonds. The zero-order valence-corrected chi connectivity index (χ0v) is 20.8. The number of hydrogen-bond acceptors (Lipinski definition) is 6. The second kappa shape index (κ2) is 9.90. The van der Waals surface area contributed by atoms with Gasteiger partial charge in [-0.25, -0.2) is 0 Å². The van der Waals surface area contributed by atoms with E-state index in [1.54, 1.807) is 17.8 Å². The van der Waals surface area contributed by atoms with Crippen molar-refractivity contribution in [1.82, 2.24) is 10.2 Å². The lowest BCUT2D eigenvalue weighted by atomic mass is 9.87. The molecule has 0 aromatic heterocycles. The van der Waals surface area contributed by atoms with E-state index in [2.05, 4.69) is 12.2 Å². The van der Waals surface area contributed by atoms with Crippen LogP contribution < -0.4 is 15.8 Å². The lowest BCUT2D eigenvalue weighted by Gasteiger charge is -2.34. The smallest absolute Gasteiger partial charge is 0.253 e. The van der Waals surface area contributed by atoms with Crippen LogP contribution in [0.4, 0.5) is 0 Å². The summed E-state index contributed by atoms with van der Waals surface area (Å²) >= 11 is 1.63. The van der Waals surface area contributed by atoms with Crippen LogP contribution in [0.1, 0.15) is 62.2 Å². The van der Waals surface area contributed by atoms with Crippen LogP contribution in [-0.4, -0.2) is 58.9 Å². The summed E-state index contributed by atoms with van der Waals surface area (Å²) in [7, 11) is 0. The van der Waals surface area contributed by atoms with Crippen molar-refractivity contribution in [2.45, 2.75) is 62.7 Å². The van der Waals surface area contributed by atoms with Crippen molar-refractivity contribution in [2.75, 3.05) is 26.2 Å². The summed E-state index contributed by atoms with van der Waals surface area (Å²) in [5, 5.41) is 3.91. The molecule has 2 bridgehead atoms.